The molecule has 2 amide bonds. The molecule has 6 nitrogen and oxygen atoms in total. The molecule has 1 aliphatic heterocycles. The summed E-state index contributed by atoms with van der Waals surface area (Å²) in [6, 6.07) is 13.4. The minimum absolute atomic E-state index is 0.00730. The van der Waals surface area contributed by atoms with Crippen molar-refractivity contribution < 1.29 is 18.7 Å². The third-order valence-corrected chi connectivity index (χ3v) is 5.85. The van der Waals surface area contributed by atoms with Crippen molar-refractivity contribution >= 4 is 11.8 Å². The van der Waals surface area contributed by atoms with Gasteiger partial charge in [-0.2, -0.15) is 0 Å². The number of nitrogens with zero attached hydrogens (tertiary/aromatic N) is 2. The summed E-state index contributed by atoms with van der Waals surface area (Å²) in [4.78, 5) is 30.3. The number of carbonyl (C=O) groups is 2. The quantitative estimate of drug-likeness (QED) is 0.571. The molecule has 1 fully saturated rings. The number of hydrogen-bond donors (Lipinski definition) is 0. The van der Waals surface area contributed by atoms with Gasteiger partial charge in [0.25, 0.3) is 0 Å². The van der Waals surface area contributed by atoms with Gasteiger partial charge in [-0.15, -0.1) is 0 Å². The number of ether oxygens (including phenoxy) is 1. The predicted octanol–water partition coefficient (Wildman–Crippen LogP) is 4.22. The van der Waals surface area contributed by atoms with Crippen LogP contribution in [0, 0.1) is 0 Å². The fourth-order valence-electron chi connectivity index (χ4n) is 4.08. The summed E-state index contributed by atoms with van der Waals surface area (Å²) < 4.78 is 11.2. The van der Waals surface area contributed by atoms with Gasteiger partial charge in [0.1, 0.15) is 12.3 Å². The molecule has 0 N–H and O–H groups in total. The molecule has 0 aliphatic carbocycles. The summed E-state index contributed by atoms with van der Waals surface area (Å²) in [5.74, 6) is 0.376. The Bertz CT molecular complexity index is 813. The van der Waals surface area contributed by atoms with Crippen LogP contribution in [-0.2, 0) is 20.9 Å². The van der Waals surface area contributed by atoms with E-state index in [2.05, 4.69) is 0 Å². The molecule has 2 aromatic rings. The zero-order valence-electron chi connectivity index (χ0n) is 18.8. The van der Waals surface area contributed by atoms with E-state index in [0.717, 1.165) is 30.8 Å². The number of amides is 2. The Morgan fingerprint density at radius 3 is 2.48 bits per heavy atom. The highest BCUT2D eigenvalue weighted by molar-refractivity contribution is 5.88. The van der Waals surface area contributed by atoms with Gasteiger partial charge in [0.05, 0.1) is 24.8 Å². The van der Waals surface area contributed by atoms with Crippen LogP contribution in [-0.4, -0.2) is 53.5 Å². The van der Waals surface area contributed by atoms with Crippen molar-refractivity contribution in [3.63, 3.8) is 0 Å². The van der Waals surface area contributed by atoms with E-state index in [1.54, 1.807) is 16.1 Å². The van der Waals surface area contributed by atoms with Crippen LogP contribution in [0.4, 0.5) is 0 Å². The molecule has 0 spiro atoms. The number of rotatable bonds is 10. The SMILES string of the molecule is CC[C@H](C(=O)N(CC(=O)N(Cc1ccco1)C[C@H]1CCCO1)C(C)C)c1ccccc1. The van der Waals surface area contributed by atoms with E-state index in [4.69, 9.17) is 9.15 Å². The van der Waals surface area contributed by atoms with E-state index in [9.17, 15) is 9.59 Å². The van der Waals surface area contributed by atoms with Crippen molar-refractivity contribution in [2.75, 3.05) is 19.7 Å². The number of hydrogen-bond acceptors (Lipinski definition) is 4. The largest absolute Gasteiger partial charge is 0.467 e. The third-order valence-electron chi connectivity index (χ3n) is 5.85. The minimum atomic E-state index is -0.256. The van der Waals surface area contributed by atoms with Crippen LogP contribution in [0.2, 0.25) is 0 Å². The molecule has 6 heteroatoms. The molecule has 31 heavy (non-hydrogen) atoms. The van der Waals surface area contributed by atoms with Crippen LogP contribution < -0.4 is 0 Å². The van der Waals surface area contributed by atoms with Gasteiger partial charge in [0.15, 0.2) is 0 Å². The summed E-state index contributed by atoms with van der Waals surface area (Å²) >= 11 is 0. The highest BCUT2D eigenvalue weighted by Crippen LogP contribution is 2.23. The first kappa shape index (κ1) is 23.1. The zero-order chi connectivity index (χ0) is 22.2. The van der Waals surface area contributed by atoms with Gasteiger partial charge in [-0.3, -0.25) is 9.59 Å². The number of benzene rings is 1. The lowest BCUT2D eigenvalue weighted by molar-refractivity contribution is -0.144. The second kappa shape index (κ2) is 11.1. The van der Waals surface area contributed by atoms with E-state index < -0.39 is 0 Å². The first-order valence-electron chi connectivity index (χ1n) is 11.3. The standard InChI is InChI=1S/C25H34N2O4/c1-4-23(20-10-6-5-7-11-20)25(29)27(19(2)3)18-24(28)26(16-21-12-8-14-30-21)17-22-13-9-15-31-22/h5-8,10-12,14,19,22-23H,4,9,13,15-18H2,1-3H3/t22-,23+/m1/s1. The van der Waals surface area contributed by atoms with Crippen LogP contribution in [0.15, 0.2) is 53.1 Å². The number of furan rings is 1. The van der Waals surface area contributed by atoms with Gasteiger partial charge in [0, 0.05) is 19.2 Å². The molecule has 1 aromatic carbocycles. The zero-order valence-corrected chi connectivity index (χ0v) is 18.8. The summed E-state index contributed by atoms with van der Waals surface area (Å²) in [7, 11) is 0. The van der Waals surface area contributed by atoms with E-state index in [-0.39, 0.29) is 36.4 Å². The average molecular weight is 427 g/mol. The summed E-state index contributed by atoms with van der Waals surface area (Å²) in [5, 5.41) is 0. The van der Waals surface area contributed by atoms with Crippen LogP contribution in [0.1, 0.15) is 57.3 Å². The Hall–Kier alpha value is -2.60. The lowest BCUT2D eigenvalue weighted by Crippen LogP contribution is -2.48. The maximum absolute atomic E-state index is 13.4. The number of carbonyl (C=O) groups excluding carboxylic acids is 2. The van der Waals surface area contributed by atoms with Crippen molar-refractivity contribution in [1.82, 2.24) is 9.80 Å². The summed E-state index contributed by atoms with van der Waals surface area (Å²) in [6.45, 7) is 7.60. The molecule has 168 valence electrons. The Labute approximate surface area is 185 Å². The smallest absolute Gasteiger partial charge is 0.242 e. The highest BCUT2D eigenvalue weighted by Gasteiger charge is 2.30. The second-order valence-corrected chi connectivity index (χ2v) is 8.42. The highest BCUT2D eigenvalue weighted by atomic mass is 16.5. The van der Waals surface area contributed by atoms with E-state index in [1.165, 1.54) is 0 Å². The molecule has 3 rings (SSSR count). The van der Waals surface area contributed by atoms with Crippen molar-refractivity contribution in [2.45, 2.75) is 64.6 Å². The maximum atomic E-state index is 13.4. The van der Waals surface area contributed by atoms with Crippen molar-refractivity contribution in [3.05, 3.63) is 60.1 Å². The van der Waals surface area contributed by atoms with Crippen molar-refractivity contribution in [3.8, 4) is 0 Å². The summed E-state index contributed by atoms with van der Waals surface area (Å²) in [6.07, 6.45) is 4.29. The molecule has 0 unspecified atom stereocenters. The van der Waals surface area contributed by atoms with Crippen molar-refractivity contribution in [2.24, 2.45) is 0 Å². The molecule has 2 atom stereocenters. The fourth-order valence-corrected chi connectivity index (χ4v) is 4.08. The Kier molecular flexibility index (Phi) is 8.29. The van der Waals surface area contributed by atoms with Crippen LogP contribution >= 0.6 is 0 Å². The van der Waals surface area contributed by atoms with Crippen molar-refractivity contribution in [1.29, 1.82) is 0 Å². The van der Waals surface area contributed by atoms with E-state index in [1.807, 2.05) is 63.2 Å². The normalized spacial score (nSPS) is 17.0. The first-order chi connectivity index (χ1) is 15.0. The van der Waals surface area contributed by atoms with E-state index >= 15 is 0 Å². The minimum Gasteiger partial charge on any atom is -0.467 e. The predicted molar refractivity (Wildman–Crippen MR) is 119 cm³/mol. The van der Waals surface area contributed by atoms with Crippen LogP contribution in [0.5, 0.6) is 0 Å². The molecule has 2 heterocycles. The molecule has 1 saturated heterocycles. The molecule has 0 bridgehead atoms. The topological polar surface area (TPSA) is 63.0 Å². The second-order valence-electron chi connectivity index (χ2n) is 8.42. The van der Waals surface area contributed by atoms with Crippen LogP contribution in [0.3, 0.4) is 0 Å². The van der Waals surface area contributed by atoms with Gasteiger partial charge in [-0.25, -0.2) is 0 Å². The van der Waals surface area contributed by atoms with Gasteiger partial charge in [0.2, 0.25) is 11.8 Å². The first-order valence-corrected chi connectivity index (χ1v) is 11.3. The Morgan fingerprint density at radius 2 is 1.90 bits per heavy atom. The van der Waals surface area contributed by atoms with Gasteiger partial charge in [-0.1, -0.05) is 37.3 Å². The Balaban J connectivity index is 1.74. The van der Waals surface area contributed by atoms with Gasteiger partial charge < -0.3 is 19.0 Å². The molecule has 1 aromatic heterocycles. The van der Waals surface area contributed by atoms with Gasteiger partial charge >= 0.3 is 0 Å². The molecular formula is C25H34N2O4. The lowest BCUT2D eigenvalue weighted by atomic mass is 9.94. The Morgan fingerprint density at radius 1 is 1.13 bits per heavy atom. The monoisotopic (exact) mass is 426 g/mol. The molecular weight excluding hydrogens is 392 g/mol. The van der Waals surface area contributed by atoms with Gasteiger partial charge in [-0.05, 0) is 50.8 Å². The summed E-state index contributed by atoms with van der Waals surface area (Å²) in [5.41, 5.74) is 0.986. The van der Waals surface area contributed by atoms with Crippen LogP contribution in [0.25, 0.3) is 0 Å². The molecule has 0 radical (unpaired) electrons. The molecule has 0 saturated carbocycles. The third kappa shape index (κ3) is 6.20. The molecule has 1 aliphatic rings. The van der Waals surface area contributed by atoms with E-state index in [0.29, 0.717) is 19.5 Å². The maximum Gasteiger partial charge on any atom is 0.242 e. The average Bonchev–Trinajstić information content (AvgIpc) is 3.46. The lowest BCUT2D eigenvalue weighted by Gasteiger charge is -2.33. The fraction of sp³-hybridized carbons (Fsp3) is 0.520.